The van der Waals surface area contributed by atoms with E-state index in [4.69, 9.17) is 0 Å². The van der Waals surface area contributed by atoms with Crippen LogP contribution in [-0.4, -0.2) is 13.3 Å². The lowest BCUT2D eigenvalue weighted by molar-refractivity contribution is -0.384. The van der Waals surface area contributed by atoms with E-state index >= 15 is 0 Å². The molecule has 2 aliphatic rings. The maximum absolute atomic E-state index is 13.3. The number of nitrogens with zero attached hydrogens (tertiary/aromatic N) is 1. The molecule has 4 aromatic rings. The van der Waals surface area contributed by atoms with Gasteiger partial charge in [0, 0.05) is 29.4 Å². The first kappa shape index (κ1) is 23.9. The minimum atomic E-state index is -3.80. The second kappa shape index (κ2) is 9.46. The van der Waals surface area contributed by atoms with E-state index in [9.17, 15) is 18.5 Å². The molecule has 0 amide bonds. The number of benzene rings is 4. The highest BCUT2D eigenvalue weighted by Crippen LogP contribution is 2.50. The smallest absolute Gasteiger partial charge is 0.269 e. The largest absolute Gasteiger partial charge is 0.378 e. The van der Waals surface area contributed by atoms with E-state index < -0.39 is 14.9 Å². The quantitative estimate of drug-likeness (QED) is 0.163. The van der Waals surface area contributed by atoms with Crippen LogP contribution in [0.4, 0.5) is 17.1 Å². The summed E-state index contributed by atoms with van der Waals surface area (Å²) in [7, 11) is -3.80. The summed E-state index contributed by atoms with van der Waals surface area (Å²) >= 11 is 0. The number of allylic oxidation sites excluding steroid dienone is 2. The summed E-state index contributed by atoms with van der Waals surface area (Å²) in [5.74, 6) is 0.229. The van der Waals surface area contributed by atoms with Crippen LogP contribution in [0.3, 0.4) is 0 Å². The van der Waals surface area contributed by atoms with Crippen molar-refractivity contribution in [2.24, 2.45) is 5.92 Å². The lowest BCUT2D eigenvalue weighted by atomic mass is 9.77. The lowest BCUT2D eigenvalue weighted by Gasteiger charge is -2.37. The fourth-order valence-electron chi connectivity index (χ4n) is 5.45. The van der Waals surface area contributed by atoms with E-state index in [-0.39, 0.29) is 28.5 Å². The van der Waals surface area contributed by atoms with Crippen molar-refractivity contribution in [2.75, 3.05) is 10.0 Å². The van der Waals surface area contributed by atoms with Gasteiger partial charge in [-0.15, -0.1) is 0 Å². The van der Waals surface area contributed by atoms with Crippen LogP contribution in [0, 0.1) is 16.0 Å². The Morgan fingerprint density at radius 2 is 1.58 bits per heavy atom. The minimum absolute atomic E-state index is 0.0352. The number of hydrogen-bond donors (Lipinski definition) is 2. The highest BCUT2D eigenvalue weighted by molar-refractivity contribution is 7.92. The zero-order valence-corrected chi connectivity index (χ0v) is 21.1. The summed E-state index contributed by atoms with van der Waals surface area (Å²) in [4.78, 5) is 10.9. The first-order valence-corrected chi connectivity index (χ1v) is 13.9. The molecule has 0 spiro atoms. The molecule has 0 fully saturated rings. The second-order valence-electron chi connectivity index (χ2n) is 9.62. The molecule has 0 unspecified atom stereocenters. The van der Waals surface area contributed by atoms with Crippen molar-refractivity contribution in [2.45, 2.75) is 23.3 Å². The topological polar surface area (TPSA) is 101 Å². The molecule has 3 atom stereocenters. The van der Waals surface area contributed by atoms with Crippen LogP contribution in [0.25, 0.3) is 11.1 Å². The molecule has 4 aromatic carbocycles. The van der Waals surface area contributed by atoms with Crippen LogP contribution in [0.15, 0.2) is 114 Å². The molecule has 1 aliphatic heterocycles. The third-order valence-corrected chi connectivity index (χ3v) is 8.73. The Morgan fingerprint density at radius 1 is 0.868 bits per heavy atom. The molecular weight excluding hydrogens is 498 g/mol. The molecule has 38 heavy (non-hydrogen) atoms. The molecule has 0 bridgehead atoms. The first-order chi connectivity index (χ1) is 18.4. The molecule has 190 valence electrons. The van der Waals surface area contributed by atoms with Crippen LogP contribution >= 0.6 is 0 Å². The minimum Gasteiger partial charge on any atom is -0.378 e. The third kappa shape index (κ3) is 4.43. The second-order valence-corrected chi connectivity index (χ2v) is 11.3. The maximum atomic E-state index is 13.3. The summed E-state index contributed by atoms with van der Waals surface area (Å²) < 4.78 is 29.3. The Hall–Kier alpha value is -4.43. The zero-order chi connectivity index (χ0) is 26.3. The predicted octanol–water partition coefficient (Wildman–Crippen LogP) is 6.89. The summed E-state index contributed by atoms with van der Waals surface area (Å²) in [6, 6.07) is 29.0. The molecule has 0 saturated carbocycles. The van der Waals surface area contributed by atoms with Crippen LogP contribution < -0.4 is 10.0 Å². The van der Waals surface area contributed by atoms with Crippen molar-refractivity contribution in [1.29, 1.82) is 0 Å². The number of rotatable bonds is 6. The first-order valence-electron chi connectivity index (χ1n) is 12.4. The molecule has 1 heterocycles. The molecular formula is C30H25N3O4S. The number of fused-ring (bicyclic) bond motifs is 3. The Balaban J connectivity index is 1.25. The van der Waals surface area contributed by atoms with E-state index in [2.05, 4.69) is 22.2 Å². The van der Waals surface area contributed by atoms with E-state index in [1.54, 1.807) is 36.4 Å². The normalized spacial score (nSPS) is 19.7. The number of hydrogen-bond acceptors (Lipinski definition) is 5. The van der Waals surface area contributed by atoms with Crippen molar-refractivity contribution < 1.29 is 13.3 Å². The number of nitro groups is 1. The van der Waals surface area contributed by atoms with Gasteiger partial charge in [-0.1, -0.05) is 66.7 Å². The molecule has 2 N–H and O–H groups in total. The van der Waals surface area contributed by atoms with E-state index in [0.29, 0.717) is 5.69 Å². The number of nitrogens with one attached hydrogen (secondary N) is 2. The fourth-order valence-corrected chi connectivity index (χ4v) is 6.54. The van der Waals surface area contributed by atoms with Gasteiger partial charge in [-0.05, 0) is 64.9 Å². The van der Waals surface area contributed by atoms with Gasteiger partial charge in [0.2, 0.25) is 0 Å². The number of non-ortho nitro benzene ring substituents is 1. The molecule has 0 saturated heterocycles. The van der Waals surface area contributed by atoms with Crippen LogP contribution in [0.2, 0.25) is 0 Å². The monoisotopic (exact) mass is 523 g/mol. The Kier molecular flexibility index (Phi) is 5.96. The molecule has 6 rings (SSSR count). The molecule has 0 aromatic heterocycles. The summed E-state index contributed by atoms with van der Waals surface area (Å²) in [5.41, 5.74) is 5.40. The van der Waals surface area contributed by atoms with Crippen molar-refractivity contribution >= 4 is 27.1 Å². The summed E-state index contributed by atoms with van der Waals surface area (Å²) in [5, 5.41) is 14.6. The van der Waals surface area contributed by atoms with Gasteiger partial charge in [-0.2, -0.15) is 0 Å². The molecule has 0 radical (unpaired) electrons. The van der Waals surface area contributed by atoms with Gasteiger partial charge >= 0.3 is 0 Å². The summed E-state index contributed by atoms with van der Waals surface area (Å²) in [6.45, 7) is 0. The predicted molar refractivity (Wildman–Crippen MR) is 149 cm³/mol. The number of sulfonamides is 1. The van der Waals surface area contributed by atoms with Gasteiger partial charge in [0.25, 0.3) is 15.7 Å². The van der Waals surface area contributed by atoms with E-state index in [1.165, 1.54) is 12.1 Å². The van der Waals surface area contributed by atoms with Gasteiger partial charge in [-0.3, -0.25) is 14.8 Å². The van der Waals surface area contributed by atoms with Crippen molar-refractivity contribution in [3.05, 3.63) is 130 Å². The SMILES string of the molecule is O=[N+]([O-])c1ccc([C@H]2Nc3ccc(S(=O)(=O)Nc4ccc(-c5ccccc5)cc4)cc3[C@H]3C=CC[C@H]32)cc1. The average molecular weight is 524 g/mol. The zero-order valence-electron chi connectivity index (χ0n) is 20.3. The van der Waals surface area contributed by atoms with Crippen LogP contribution in [-0.2, 0) is 10.0 Å². The standard InChI is InChI=1S/C30H25N3O4S/c34-33(35)24-15-11-22(12-16-24)30-27-8-4-7-26(27)28-19-25(17-18-29(28)31-30)38(36,37)32-23-13-9-21(10-14-23)20-5-2-1-3-6-20/h1-7,9-19,26-27,30-32H,8H2/t26-,27+,30+/m0/s1. The summed E-state index contributed by atoms with van der Waals surface area (Å²) in [6.07, 6.45) is 5.09. The van der Waals surface area contributed by atoms with E-state index in [0.717, 1.165) is 34.4 Å². The van der Waals surface area contributed by atoms with Gasteiger partial charge in [-0.25, -0.2) is 8.42 Å². The van der Waals surface area contributed by atoms with Gasteiger partial charge in [0.05, 0.1) is 15.9 Å². The number of nitro benzene ring substituents is 1. The van der Waals surface area contributed by atoms with E-state index in [1.807, 2.05) is 48.5 Å². The lowest BCUT2D eigenvalue weighted by Crippen LogP contribution is -2.29. The molecule has 7 nitrogen and oxygen atoms in total. The van der Waals surface area contributed by atoms with Crippen molar-refractivity contribution in [3.8, 4) is 11.1 Å². The maximum Gasteiger partial charge on any atom is 0.269 e. The van der Waals surface area contributed by atoms with Crippen LogP contribution in [0.5, 0.6) is 0 Å². The molecule has 1 aliphatic carbocycles. The Labute approximate surface area is 221 Å². The van der Waals surface area contributed by atoms with Gasteiger partial charge in [0.1, 0.15) is 0 Å². The van der Waals surface area contributed by atoms with Crippen LogP contribution in [0.1, 0.15) is 29.5 Å². The van der Waals surface area contributed by atoms with Gasteiger partial charge in [0.15, 0.2) is 0 Å². The van der Waals surface area contributed by atoms with Crippen molar-refractivity contribution in [3.63, 3.8) is 0 Å². The third-order valence-electron chi connectivity index (χ3n) is 7.35. The fraction of sp³-hybridized carbons (Fsp3) is 0.133. The number of anilines is 2. The van der Waals surface area contributed by atoms with Gasteiger partial charge < -0.3 is 5.32 Å². The average Bonchev–Trinajstić information content (AvgIpc) is 3.44. The van der Waals surface area contributed by atoms with Crippen molar-refractivity contribution in [1.82, 2.24) is 0 Å². The molecule has 8 heteroatoms. The highest BCUT2D eigenvalue weighted by Gasteiger charge is 2.38. The Morgan fingerprint density at radius 3 is 2.29 bits per heavy atom. The Bertz CT molecular complexity index is 1630. The highest BCUT2D eigenvalue weighted by atomic mass is 32.2.